The molecule has 110 valence electrons. The summed E-state index contributed by atoms with van der Waals surface area (Å²) in [6.07, 6.45) is 1.53. The van der Waals surface area contributed by atoms with Gasteiger partial charge in [-0.25, -0.2) is 9.37 Å². The highest BCUT2D eigenvalue weighted by Crippen LogP contribution is 2.17. The minimum absolute atomic E-state index is 0.284. The van der Waals surface area contributed by atoms with E-state index in [2.05, 4.69) is 10.3 Å². The van der Waals surface area contributed by atoms with Crippen molar-refractivity contribution in [1.29, 1.82) is 0 Å². The quantitative estimate of drug-likeness (QED) is 0.880. The van der Waals surface area contributed by atoms with Gasteiger partial charge in [0.2, 0.25) is 5.95 Å². The van der Waals surface area contributed by atoms with Crippen LogP contribution in [-0.2, 0) is 6.42 Å². The molecule has 0 aliphatic heterocycles. The van der Waals surface area contributed by atoms with Crippen LogP contribution in [0.3, 0.4) is 0 Å². The highest BCUT2D eigenvalue weighted by Gasteiger charge is 2.18. The molecular formula is C15H13ClF2N2O. The van der Waals surface area contributed by atoms with Gasteiger partial charge in [0.15, 0.2) is 5.82 Å². The molecule has 0 aliphatic carbocycles. The summed E-state index contributed by atoms with van der Waals surface area (Å²) in [5, 5.41) is 3.20. The van der Waals surface area contributed by atoms with E-state index in [0.717, 1.165) is 17.8 Å². The van der Waals surface area contributed by atoms with Gasteiger partial charge < -0.3 is 5.32 Å². The second-order valence-electron chi connectivity index (χ2n) is 4.63. The van der Waals surface area contributed by atoms with Crippen LogP contribution in [0.1, 0.15) is 22.8 Å². The number of carbonyl (C=O) groups excluding carboxylic acids is 1. The van der Waals surface area contributed by atoms with Crippen molar-refractivity contribution in [3.8, 4) is 0 Å². The van der Waals surface area contributed by atoms with Crippen LogP contribution in [0.2, 0.25) is 5.02 Å². The Kier molecular flexibility index (Phi) is 4.85. The summed E-state index contributed by atoms with van der Waals surface area (Å²) in [7, 11) is 0. The minimum Gasteiger partial charge on any atom is -0.349 e. The molecule has 2 rings (SSSR count). The average Bonchev–Trinajstić information content (AvgIpc) is 2.44. The second-order valence-corrected chi connectivity index (χ2v) is 5.04. The van der Waals surface area contributed by atoms with Crippen LogP contribution in [0.4, 0.5) is 8.78 Å². The summed E-state index contributed by atoms with van der Waals surface area (Å²) in [4.78, 5) is 15.1. The van der Waals surface area contributed by atoms with Crippen molar-refractivity contribution in [3.05, 3.63) is 64.4 Å². The number of aromatic nitrogens is 1. The molecule has 0 aliphatic rings. The molecule has 1 unspecified atom stereocenters. The number of benzene rings is 1. The summed E-state index contributed by atoms with van der Waals surface area (Å²) in [6, 6.07) is 8.10. The number of rotatable bonds is 4. The van der Waals surface area contributed by atoms with Gasteiger partial charge >= 0.3 is 0 Å². The summed E-state index contributed by atoms with van der Waals surface area (Å²) in [5.74, 6) is -3.23. The van der Waals surface area contributed by atoms with E-state index >= 15 is 0 Å². The third-order valence-electron chi connectivity index (χ3n) is 2.95. The molecule has 3 nitrogen and oxygen atoms in total. The van der Waals surface area contributed by atoms with Crippen molar-refractivity contribution in [2.75, 3.05) is 0 Å². The Hall–Kier alpha value is -2.01. The molecule has 0 spiro atoms. The van der Waals surface area contributed by atoms with Crippen molar-refractivity contribution >= 4 is 17.5 Å². The van der Waals surface area contributed by atoms with Crippen LogP contribution in [0, 0.1) is 11.8 Å². The maximum atomic E-state index is 13.5. The molecule has 1 N–H and O–H groups in total. The molecule has 1 aromatic heterocycles. The molecule has 0 fully saturated rings. The molecule has 1 atom stereocenters. The van der Waals surface area contributed by atoms with Gasteiger partial charge in [0, 0.05) is 17.3 Å². The van der Waals surface area contributed by atoms with E-state index < -0.39 is 17.7 Å². The third-order valence-corrected chi connectivity index (χ3v) is 3.32. The van der Waals surface area contributed by atoms with Crippen LogP contribution in [0.15, 0.2) is 36.5 Å². The van der Waals surface area contributed by atoms with Crippen LogP contribution in [-0.4, -0.2) is 16.9 Å². The fraction of sp³-hybridized carbons (Fsp3) is 0.200. The molecular weight excluding hydrogens is 298 g/mol. The monoisotopic (exact) mass is 310 g/mol. The molecule has 0 saturated carbocycles. The molecule has 0 saturated heterocycles. The molecule has 1 aromatic carbocycles. The second kappa shape index (κ2) is 6.63. The molecule has 0 bridgehead atoms. The first kappa shape index (κ1) is 15.4. The SMILES string of the molecule is CC(Cc1ccccc1Cl)NC(=O)c1ccnc(F)c1F. The zero-order chi connectivity index (χ0) is 15.4. The number of nitrogens with zero attached hydrogens (tertiary/aromatic N) is 1. The Balaban J connectivity index is 2.06. The highest BCUT2D eigenvalue weighted by atomic mass is 35.5. The Morgan fingerprint density at radius 3 is 2.76 bits per heavy atom. The topological polar surface area (TPSA) is 42.0 Å². The zero-order valence-corrected chi connectivity index (χ0v) is 12.0. The fourth-order valence-electron chi connectivity index (χ4n) is 1.94. The van der Waals surface area contributed by atoms with E-state index in [1.165, 1.54) is 0 Å². The van der Waals surface area contributed by atoms with Crippen molar-refractivity contribution in [1.82, 2.24) is 10.3 Å². The lowest BCUT2D eigenvalue weighted by atomic mass is 10.1. The van der Waals surface area contributed by atoms with Gasteiger partial charge in [-0.3, -0.25) is 4.79 Å². The van der Waals surface area contributed by atoms with Crippen LogP contribution < -0.4 is 5.32 Å². The van der Waals surface area contributed by atoms with Gasteiger partial charge in [0.05, 0.1) is 5.56 Å². The van der Waals surface area contributed by atoms with Crippen LogP contribution in [0.25, 0.3) is 0 Å². The van der Waals surface area contributed by atoms with Gasteiger partial charge in [-0.05, 0) is 31.0 Å². The molecule has 6 heteroatoms. The van der Waals surface area contributed by atoms with E-state index in [9.17, 15) is 13.6 Å². The number of amides is 1. The maximum absolute atomic E-state index is 13.5. The lowest BCUT2D eigenvalue weighted by Gasteiger charge is -2.15. The minimum atomic E-state index is -1.29. The average molecular weight is 311 g/mol. The van der Waals surface area contributed by atoms with Crippen LogP contribution >= 0.6 is 11.6 Å². The largest absolute Gasteiger partial charge is 0.349 e. The maximum Gasteiger partial charge on any atom is 0.254 e. The van der Waals surface area contributed by atoms with E-state index in [4.69, 9.17) is 11.6 Å². The molecule has 2 aromatic rings. The number of nitrogens with one attached hydrogen (secondary N) is 1. The van der Waals surface area contributed by atoms with Gasteiger partial charge in [-0.15, -0.1) is 0 Å². The van der Waals surface area contributed by atoms with Crippen molar-refractivity contribution in [3.63, 3.8) is 0 Å². The van der Waals surface area contributed by atoms with E-state index in [-0.39, 0.29) is 11.6 Å². The van der Waals surface area contributed by atoms with Crippen molar-refractivity contribution < 1.29 is 13.6 Å². The van der Waals surface area contributed by atoms with Crippen LogP contribution in [0.5, 0.6) is 0 Å². The predicted octanol–water partition coefficient (Wildman–Crippen LogP) is 3.37. The van der Waals surface area contributed by atoms with Gasteiger partial charge in [0.25, 0.3) is 5.91 Å². The molecule has 21 heavy (non-hydrogen) atoms. The smallest absolute Gasteiger partial charge is 0.254 e. The lowest BCUT2D eigenvalue weighted by molar-refractivity contribution is 0.0934. The predicted molar refractivity (Wildman–Crippen MR) is 76.2 cm³/mol. The van der Waals surface area contributed by atoms with E-state index in [1.807, 2.05) is 18.2 Å². The first-order chi connectivity index (χ1) is 9.99. The Labute approximate surface area is 126 Å². The molecule has 0 radical (unpaired) electrons. The van der Waals surface area contributed by atoms with Crippen molar-refractivity contribution in [2.45, 2.75) is 19.4 Å². The third kappa shape index (κ3) is 3.76. The summed E-state index contributed by atoms with van der Waals surface area (Å²) >= 11 is 6.04. The Morgan fingerprint density at radius 2 is 2.05 bits per heavy atom. The number of hydrogen-bond donors (Lipinski definition) is 1. The number of carbonyl (C=O) groups is 1. The Bertz CT molecular complexity index is 664. The summed E-state index contributed by atoms with van der Waals surface area (Å²) in [6.45, 7) is 1.76. The number of halogens is 3. The highest BCUT2D eigenvalue weighted by molar-refractivity contribution is 6.31. The fourth-order valence-corrected chi connectivity index (χ4v) is 2.15. The number of hydrogen-bond acceptors (Lipinski definition) is 2. The van der Waals surface area contributed by atoms with Gasteiger partial charge in [-0.2, -0.15) is 4.39 Å². The summed E-state index contributed by atoms with van der Waals surface area (Å²) < 4.78 is 26.5. The van der Waals surface area contributed by atoms with E-state index in [1.54, 1.807) is 13.0 Å². The van der Waals surface area contributed by atoms with Crippen molar-refractivity contribution in [2.24, 2.45) is 0 Å². The zero-order valence-electron chi connectivity index (χ0n) is 11.2. The molecule has 1 amide bonds. The number of pyridine rings is 1. The first-order valence-electron chi connectivity index (χ1n) is 6.33. The normalized spacial score (nSPS) is 12.0. The van der Waals surface area contributed by atoms with Gasteiger partial charge in [0.1, 0.15) is 0 Å². The standard InChI is InChI=1S/C15H13ClF2N2O/c1-9(8-10-4-2-3-5-12(10)16)20-15(21)11-6-7-19-14(18)13(11)17/h2-7,9H,8H2,1H3,(H,20,21). The van der Waals surface area contributed by atoms with Gasteiger partial charge in [-0.1, -0.05) is 29.8 Å². The molecule has 1 heterocycles. The Morgan fingerprint density at radius 1 is 1.33 bits per heavy atom. The van der Waals surface area contributed by atoms with E-state index in [0.29, 0.717) is 11.4 Å². The summed E-state index contributed by atoms with van der Waals surface area (Å²) in [5.41, 5.74) is 0.502. The lowest BCUT2D eigenvalue weighted by Crippen LogP contribution is -2.34. The first-order valence-corrected chi connectivity index (χ1v) is 6.71.